The summed E-state index contributed by atoms with van der Waals surface area (Å²) in [4.78, 5) is 6.87. The first-order valence-corrected chi connectivity index (χ1v) is 7.72. The van der Waals surface area contributed by atoms with Gasteiger partial charge in [-0.25, -0.2) is 4.98 Å². The van der Waals surface area contributed by atoms with Gasteiger partial charge in [-0.15, -0.1) is 0 Å². The number of aryl methyl sites for hydroxylation is 1. The van der Waals surface area contributed by atoms with Gasteiger partial charge < -0.3 is 9.73 Å². The summed E-state index contributed by atoms with van der Waals surface area (Å²) in [6.45, 7) is 7.05. The second kappa shape index (κ2) is 6.41. The van der Waals surface area contributed by atoms with Crippen molar-refractivity contribution in [2.24, 2.45) is 0 Å². The molecule has 2 unspecified atom stereocenters. The van der Waals surface area contributed by atoms with Gasteiger partial charge in [0.25, 0.3) is 0 Å². The number of rotatable bonds is 4. The fourth-order valence-corrected chi connectivity index (χ4v) is 2.92. The average Bonchev–Trinajstić information content (AvgIpc) is 2.96. The van der Waals surface area contributed by atoms with Crippen LogP contribution in [-0.2, 0) is 13.0 Å². The Labute approximate surface area is 126 Å². The highest BCUT2D eigenvalue weighted by molar-refractivity contribution is 5.20. The highest BCUT2D eigenvalue weighted by Crippen LogP contribution is 2.25. The van der Waals surface area contributed by atoms with Gasteiger partial charge in [0.1, 0.15) is 5.76 Å². The van der Waals surface area contributed by atoms with Crippen LogP contribution in [-0.4, -0.2) is 29.0 Å². The molecular weight excluding hydrogens is 262 g/mol. The van der Waals surface area contributed by atoms with E-state index in [0.29, 0.717) is 12.1 Å². The smallest absolute Gasteiger partial charge is 0.208 e. The van der Waals surface area contributed by atoms with Crippen molar-refractivity contribution in [1.82, 2.24) is 15.2 Å². The van der Waals surface area contributed by atoms with Gasteiger partial charge in [0.15, 0.2) is 0 Å². The molecule has 4 nitrogen and oxygen atoms in total. The van der Waals surface area contributed by atoms with E-state index < -0.39 is 0 Å². The van der Waals surface area contributed by atoms with E-state index >= 15 is 0 Å². The third-order valence-electron chi connectivity index (χ3n) is 4.08. The molecule has 0 radical (unpaired) electrons. The highest BCUT2D eigenvalue weighted by Gasteiger charge is 2.28. The number of oxazole rings is 1. The lowest BCUT2D eigenvalue weighted by Gasteiger charge is -2.39. The Morgan fingerprint density at radius 3 is 2.86 bits per heavy atom. The number of nitrogens with one attached hydrogen (secondary N) is 1. The van der Waals surface area contributed by atoms with E-state index in [0.717, 1.165) is 37.7 Å². The molecule has 3 rings (SSSR count). The van der Waals surface area contributed by atoms with Crippen LogP contribution in [0.5, 0.6) is 0 Å². The van der Waals surface area contributed by atoms with E-state index in [4.69, 9.17) is 4.42 Å². The molecule has 0 amide bonds. The highest BCUT2D eigenvalue weighted by atomic mass is 16.4. The Morgan fingerprint density at radius 2 is 2.14 bits per heavy atom. The summed E-state index contributed by atoms with van der Waals surface area (Å²) in [7, 11) is 0. The molecule has 1 aromatic carbocycles. The van der Waals surface area contributed by atoms with Crippen molar-refractivity contribution >= 4 is 0 Å². The molecule has 2 heterocycles. The van der Waals surface area contributed by atoms with Gasteiger partial charge in [-0.2, -0.15) is 0 Å². The molecule has 112 valence electrons. The maximum Gasteiger partial charge on any atom is 0.208 e. The SMILES string of the molecule is CCc1cnc(CN2CC(C)NCC2c2ccccc2)o1. The standard InChI is InChI=1S/C17H23N3O/c1-3-15-9-19-17(21-15)12-20-11-13(2)18-10-16(20)14-7-5-4-6-8-14/h4-9,13,16,18H,3,10-12H2,1-2H3. The van der Waals surface area contributed by atoms with Crippen molar-refractivity contribution in [3.05, 3.63) is 53.7 Å². The number of hydrogen-bond donors (Lipinski definition) is 1. The van der Waals surface area contributed by atoms with Crippen LogP contribution < -0.4 is 5.32 Å². The molecule has 21 heavy (non-hydrogen) atoms. The summed E-state index contributed by atoms with van der Waals surface area (Å²) in [5, 5.41) is 3.57. The quantitative estimate of drug-likeness (QED) is 0.938. The number of hydrogen-bond acceptors (Lipinski definition) is 4. The van der Waals surface area contributed by atoms with E-state index in [1.807, 2.05) is 6.20 Å². The monoisotopic (exact) mass is 285 g/mol. The lowest BCUT2D eigenvalue weighted by Crippen LogP contribution is -2.50. The lowest BCUT2D eigenvalue weighted by molar-refractivity contribution is 0.116. The van der Waals surface area contributed by atoms with Gasteiger partial charge in [-0.05, 0) is 12.5 Å². The maximum absolute atomic E-state index is 5.78. The normalized spacial score (nSPS) is 23.3. The molecule has 1 aliphatic rings. The van der Waals surface area contributed by atoms with Crippen molar-refractivity contribution < 1.29 is 4.42 Å². The minimum Gasteiger partial charge on any atom is -0.444 e. The predicted molar refractivity (Wildman–Crippen MR) is 82.9 cm³/mol. The molecule has 1 saturated heterocycles. The summed E-state index contributed by atoms with van der Waals surface area (Å²) in [5.41, 5.74) is 1.35. The summed E-state index contributed by atoms with van der Waals surface area (Å²) < 4.78 is 5.78. The zero-order valence-electron chi connectivity index (χ0n) is 12.7. The van der Waals surface area contributed by atoms with Crippen molar-refractivity contribution in [1.29, 1.82) is 0 Å². The fraction of sp³-hybridized carbons (Fsp3) is 0.471. The second-order valence-corrected chi connectivity index (χ2v) is 5.74. The Morgan fingerprint density at radius 1 is 1.33 bits per heavy atom. The number of benzene rings is 1. The van der Waals surface area contributed by atoms with Gasteiger partial charge in [-0.3, -0.25) is 4.90 Å². The zero-order chi connectivity index (χ0) is 14.7. The number of piperazine rings is 1. The van der Waals surface area contributed by atoms with E-state index in [1.165, 1.54) is 5.56 Å². The molecule has 1 aliphatic heterocycles. The number of nitrogens with zero attached hydrogens (tertiary/aromatic N) is 2. The molecule has 1 N–H and O–H groups in total. The van der Waals surface area contributed by atoms with Crippen LogP contribution in [0.15, 0.2) is 40.9 Å². The molecule has 0 bridgehead atoms. The Bertz CT molecular complexity index is 566. The third kappa shape index (κ3) is 3.34. The van der Waals surface area contributed by atoms with Crippen LogP contribution in [0.2, 0.25) is 0 Å². The third-order valence-corrected chi connectivity index (χ3v) is 4.08. The van der Waals surface area contributed by atoms with Gasteiger partial charge in [0.2, 0.25) is 5.89 Å². The summed E-state index contributed by atoms with van der Waals surface area (Å²) >= 11 is 0. The van der Waals surface area contributed by atoms with Gasteiger partial charge in [0, 0.05) is 31.6 Å². The first-order valence-electron chi connectivity index (χ1n) is 7.72. The molecule has 0 saturated carbocycles. The molecule has 1 aromatic heterocycles. The summed E-state index contributed by atoms with van der Waals surface area (Å²) in [6, 6.07) is 11.5. The zero-order valence-corrected chi connectivity index (χ0v) is 12.7. The minimum atomic E-state index is 0.374. The second-order valence-electron chi connectivity index (χ2n) is 5.74. The average molecular weight is 285 g/mol. The molecule has 0 spiro atoms. The molecule has 4 heteroatoms. The maximum atomic E-state index is 5.78. The van der Waals surface area contributed by atoms with E-state index in [2.05, 4.69) is 59.4 Å². The predicted octanol–water partition coefficient (Wildman–Crippen LogP) is 2.77. The molecular formula is C17H23N3O. The topological polar surface area (TPSA) is 41.3 Å². The van der Waals surface area contributed by atoms with Crippen LogP contribution >= 0.6 is 0 Å². The molecule has 2 aromatic rings. The van der Waals surface area contributed by atoms with Gasteiger partial charge >= 0.3 is 0 Å². The van der Waals surface area contributed by atoms with Crippen molar-refractivity contribution in [3.63, 3.8) is 0 Å². The van der Waals surface area contributed by atoms with Gasteiger partial charge in [0.05, 0.1) is 12.7 Å². The van der Waals surface area contributed by atoms with E-state index in [1.54, 1.807) is 0 Å². The minimum absolute atomic E-state index is 0.374. The van der Waals surface area contributed by atoms with Crippen LogP contribution in [0.3, 0.4) is 0 Å². The van der Waals surface area contributed by atoms with Crippen molar-refractivity contribution in [2.75, 3.05) is 13.1 Å². The lowest BCUT2D eigenvalue weighted by atomic mass is 10.0. The number of aromatic nitrogens is 1. The van der Waals surface area contributed by atoms with Gasteiger partial charge in [-0.1, -0.05) is 37.3 Å². The molecule has 0 aliphatic carbocycles. The largest absolute Gasteiger partial charge is 0.444 e. The van der Waals surface area contributed by atoms with E-state index in [-0.39, 0.29) is 0 Å². The first-order chi connectivity index (χ1) is 10.3. The summed E-state index contributed by atoms with van der Waals surface area (Å²) in [6.07, 6.45) is 2.74. The van der Waals surface area contributed by atoms with E-state index in [9.17, 15) is 0 Å². The molecule has 1 fully saturated rings. The molecule has 2 atom stereocenters. The van der Waals surface area contributed by atoms with Crippen LogP contribution in [0.1, 0.15) is 37.1 Å². The Balaban J connectivity index is 1.78. The van der Waals surface area contributed by atoms with Crippen LogP contribution in [0.25, 0.3) is 0 Å². The van der Waals surface area contributed by atoms with Crippen molar-refractivity contribution in [3.8, 4) is 0 Å². The summed E-state index contributed by atoms with van der Waals surface area (Å²) in [5.74, 6) is 1.78. The van der Waals surface area contributed by atoms with Crippen LogP contribution in [0.4, 0.5) is 0 Å². The Kier molecular flexibility index (Phi) is 4.36. The van der Waals surface area contributed by atoms with Crippen LogP contribution in [0, 0.1) is 0 Å². The van der Waals surface area contributed by atoms with Crippen molar-refractivity contribution in [2.45, 2.75) is 38.9 Å². The fourth-order valence-electron chi connectivity index (χ4n) is 2.92. The first kappa shape index (κ1) is 14.3. The Hall–Kier alpha value is -1.65.